The van der Waals surface area contributed by atoms with Crippen LogP contribution in [0.2, 0.25) is 0 Å². The Bertz CT molecular complexity index is 447. The number of nitrogens with zero attached hydrogens (tertiary/aromatic N) is 2. The molecular formula is C12H17BrN2OS. The minimum atomic E-state index is 0.288. The summed E-state index contributed by atoms with van der Waals surface area (Å²) >= 11 is 4.80. The summed E-state index contributed by atoms with van der Waals surface area (Å²) in [5, 5.41) is 8.68. The van der Waals surface area contributed by atoms with E-state index in [0.717, 1.165) is 9.83 Å². The molecule has 1 aromatic heterocycles. The molecule has 2 bridgehead atoms. The van der Waals surface area contributed by atoms with Gasteiger partial charge in [0.1, 0.15) is 6.10 Å². The zero-order chi connectivity index (χ0) is 12.3. The van der Waals surface area contributed by atoms with E-state index < -0.39 is 0 Å². The molecule has 0 radical (unpaired) electrons. The van der Waals surface area contributed by atoms with Crippen LogP contribution in [0.25, 0.3) is 0 Å². The van der Waals surface area contributed by atoms with E-state index in [9.17, 15) is 0 Å². The Labute approximate surface area is 114 Å². The summed E-state index contributed by atoms with van der Waals surface area (Å²) in [5.41, 5.74) is 0.676. The molecule has 94 valence electrons. The molecule has 2 saturated carbocycles. The average Bonchev–Trinajstić information content (AvgIpc) is 2.80. The second-order valence-corrected chi connectivity index (χ2v) is 8.25. The summed E-state index contributed by atoms with van der Waals surface area (Å²) in [6.07, 6.45) is 4.09. The molecule has 2 fully saturated rings. The van der Waals surface area contributed by atoms with Crippen LogP contribution in [0.5, 0.6) is 5.19 Å². The summed E-state index contributed by atoms with van der Waals surface area (Å²) in [6.45, 7) is 7.16. The van der Waals surface area contributed by atoms with Gasteiger partial charge in [-0.05, 0) is 57.9 Å². The van der Waals surface area contributed by atoms with Gasteiger partial charge in [-0.25, -0.2) is 0 Å². The first kappa shape index (κ1) is 11.9. The first-order valence-corrected chi connectivity index (χ1v) is 7.70. The standard InChI is InChI=1S/C12H17BrN2OS/c1-11(2)7-4-5-12(11,3)8(6-7)16-10-15-14-9(13)17-10/h7-8H,4-6H2,1-3H3. The molecule has 0 saturated heterocycles. The average molecular weight is 317 g/mol. The molecule has 1 heterocycles. The maximum atomic E-state index is 6.08. The van der Waals surface area contributed by atoms with Crippen molar-refractivity contribution in [2.45, 2.75) is 46.1 Å². The lowest BCUT2D eigenvalue weighted by molar-refractivity contribution is 0.0296. The van der Waals surface area contributed by atoms with Gasteiger partial charge in [-0.3, -0.25) is 0 Å². The molecule has 0 aromatic carbocycles. The highest BCUT2D eigenvalue weighted by Crippen LogP contribution is 2.66. The minimum absolute atomic E-state index is 0.288. The highest BCUT2D eigenvalue weighted by Gasteiger charge is 2.62. The van der Waals surface area contributed by atoms with Gasteiger partial charge in [0.2, 0.25) is 0 Å². The molecule has 3 atom stereocenters. The maximum absolute atomic E-state index is 6.08. The molecule has 5 heteroatoms. The molecule has 2 aliphatic rings. The van der Waals surface area contributed by atoms with Crippen LogP contribution in [0, 0.1) is 16.7 Å². The van der Waals surface area contributed by atoms with Gasteiger partial charge in [0.25, 0.3) is 5.19 Å². The molecule has 2 aliphatic carbocycles. The number of halogens is 1. The van der Waals surface area contributed by atoms with Crippen LogP contribution in [0.1, 0.15) is 40.0 Å². The summed E-state index contributed by atoms with van der Waals surface area (Å²) in [4.78, 5) is 0. The predicted molar refractivity (Wildman–Crippen MR) is 71.3 cm³/mol. The van der Waals surface area contributed by atoms with Crippen LogP contribution in [-0.4, -0.2) is 16.3 Å². The van der Waals surface area contributed by atoms with Gasteiger partial charge in [0, 0.05) is 5.41 Å². The fourth-order valence-corrected chi connectivity index (χ4v) is 4.64. The summed E-state index contributed by atoms with van der Waals surface area (Å²) < 4.78 is 6.88. The number of rotatable bonds is 2. The largest absolute Gasteiger partial charge is 0.465 e. The molecule has 3 rings (SSSR count). The first-order chi connectivity index (χ1) is 7.93. The number of fused-ring (bicyclic) bond motifs is 2. The molecule has 17 heavy (non-hydrogen) atoms. The van der Waals surface area contributed by atoms with Crippen LogP contribution in [0.15, 0.2) is 3.92 Å². The Morgan fingerprint density at radius 3 is 2.59 bits per heavy atom. The van der Waals surface area contributed by atoms with Crippen molar-refractivity contribution in [3.8, 4) is 5.19 Å². The molecule has 3 nitrogen and oxygen atoms in total. The van der Waals surface area contributed by atoms with Gasteiger partial charge < -0.3 is 4.74 Å². The monoisotopic (exact) mass is 316 g/mol. The van der Waals surface area contributed by atoms with Crippen molar-refractivity contribution in [2.24, 2.45) is 16.7 Å². The second-order valence-electron chi connectivity index (χ2n) is 6.04. The van der Waals surface area contributed by atoms with Crippen molar-refractivity contribution < 1.29 is 4.74 Å². The van der Waals surface area contributed by atoms with E-state index in [-0.39, 0.29) is 5.41 Å². The first-order valence-electron chi connectivity index (χ1n) is 6.09. The van der Waals surface area contributed by atoms with Crippen LogP contribution in [-0.2, 0) is 0 Å². The zero-order valence-electron chi connectivity index (χ0n) is 10.4. The lowest BCUT2D eigenvalue weighted by atomic mass is 9.70. The van der Waals surface area contributed by atoms with Crippen LogP contribution >= 0.6 is 27.3 Å². The van der Waals surface area contributed by atoms with E-state index in [1.165, 1.54) is 30.6 Å². The van der Waals surface area contributed by atoms with Gasteiger partial charge in [0.15, 0.2) is 3.92 Å². The summed E-state index contributed by atoms with van der Waals surface area (Å²) in [5.74, 6) is 0.800. The Hall–Kier alpha value is -0.160. The van der Waals surface area contributed by atoms with E-state index in [4.69, 9.17) is 4.74 Å². The molecule has 3 unspecified atom stereocenters. The van der Waals surface area contributed by atoms with Crippen molar-refractivity contribution in [1.82, 2.24) is 10.2 Å². The van der Waals surface area contributed by atoms with Crippen molar-refractivity contribution in [3.05, 3.63) is 3.92 Å². The van der Waals surface area contributed by atoms with Crippen molar-refractivity contribution >= 4 is 27.3 Å². The summed E-state index contributed by atoms with van der Waals surface area (Å²) in [6, 6.07) is 0. The van der Waals surface area contributed by atoms with Gasteiger partial charge in [-0.15, -0.1) is 5.10 Å². The lowest BCUT2D eigenvalue weighted by Crippen LogP contribution is -2.38. The van der Waals surface area contributed by atoms with Crippen molar-refractivity contribution in [3.63, 3.8) is 0 Å². The van der Waals surface area contributed by atoms with Gasteiger partial charge >= 0.3 is 0 Å². The van der Waals surface area contributed by atoms with E-state index in [1.54, 1.807) is 0 Å². The van der Waals surface area contributed by atoms with Gasteiger partial charge in [-0.1, -0.05) is 25.9 Å². The van der Waals surface area contributed by atoms with E-state index in [1.807, 2.05) is 0 Å². The molecule has 0 N–H and O–H groups in total. The Balaban J connectivity index is 1.83. The second kappa shape index (κ2) is 3.67. The minimum Gasteiger partial charge on any atom is -0.465 e. The van der Waals surface area contributed by atoms with E-state index in [0.29, 0.717) is 16.7 Å². The number of ether oxygens (including phenoxy) is 1. The Morgan fingerprint density at radius 1 is 1.35 bits per heavy atom. The number of aromatic nitrogens is 2. The molecule has 0 spiro atoms. The summed E-state index contributed by atoms with van der Waals surface area (Å²) in [7, 11) is 0. The van der Waals surface area contributed by atoms with E-state index >= 15 is 0 Å². The fourth-order valence-electron chi connectivity index (χ4n) is 3.67. The van der Waals surface area contributed by atoms with E-state index in [2.05, 4.69) is 46.9 Å². The third-order valence-corrected chi connectivity index (χ3v) is 6.59. The SMILES string of the molecule is CC1(C)C2CCC1(C)C(Oc1nnc(Br)s1)C2. The maximum Gasteiger partial charge on any atom is 0.295 e. The smallest absolute Gasteiger partial charge is 0.295 e. The van der Waals surface area contributed by atoms with Crippen LogP contribution in [0.4, 0.5) is 0 Å². The van der Waals surface area contributed by atoms with Gasteiger partial charge in [-0.2, -0.15) is 0 Å². The van der Waals surface area contributed by atoms with Gasteiger partial charge in [0.05, 0.1) is 0 Å². The quantitative estimate of drug-likeness (QED) is 0.830. The lowest BCUT2D eigenvalue weighted by Gasteiger charge is -2.38. The third kappa shape index (κ3) is 1.58. The Kier molecular flexibility index (Phi) is 2.57. The molecule has 0 amide bonds. The van der Waals surface area contributed by atoms with Crippen LogP contribution < -0.4 is 4.74 Å². The third-order valence-electron chi connectivity index (χ3n) is 5.34. The number of hydrogen-bond acceptors (Lipinski definition) is 4. The number of hydrogen-bond donors (Lipinski definition) is 0. The Morgan fingerprint density at radius 2 is 2.12 bits per heavy atom. The van der Waals surface area contributed by atoms with Crippen molar-refractivity contribution in [1.29, 1.82) is 0 Å². The highest BCUT2D eigenvalue weighted by molar-refractivity contribution is 9.11. The van der Waals surface area contributed by atoms with Crippen molar-refractivity contribution in [2.75, 3.05) is 0 Å². The topological polar surface area (TPSA) is 35.0 Å². The molecular weight excluding hydrogens is 300 g/mol. The predicted octanol–water partition coefficient (Wildman–Crippen LogP) is 3.89. The fraction of sp³-hybridized carbons (Fsp3) is 0.833. The zero-order valence-corrected chi connectivity index (χ0v) is 12.8. The highest BCUT2D eigenvalue weighted by atomic mass is 79.9. The normalized spacial score (nSPS) is 38.6. The molecule has 0 aliphatic heterocycles. The van der Waals surface area contributed by atoms with Crippen LogP contribution in [0.3, 0.4) is 0 Å². The molecule has 1 aromatic rings.